The van der Waals surface area contributed by atoms with Crippen molar-refractivity contribution in [3.05, 3.63) is 93.1 Å². The van der Waals surface area contributed by atoms with Crippen LogP contribution in [0.1, 0.15) is 105 Å². The fourth-order valence-corrected chi connectivity index (χ4v) is 7.69. The molecule has 0 aliphatic carbocycles. The van der Waals surface area contributed by atoms with E-state index in [2.05, 4.69) is 108 Å². The van der Waals surface area contributed by atoms with E-state index >= 15 is 0 Å². The Morgan fingerprint density at radius 1 is 0.622 bits per heavy atom. The smallest absolute Gasteiger partial charge is 0.0771 e. The molecule has 8 bridgehead atoms. The van der Waals surface area contributed by atoms with Gasteiger partial charge in [0.1, 0.15) is 0 Å². The Morgan fingerprint density at radius 2 is 1.16 bits per heavy atom. The molecule has 4 nitrogen and oxygen atoms in total. The molecule has 0 atom stereocenters. The molecule has 2 aliphatic rings. The van der Waals surface area contributed by atoms with Crippen molar-refractivity contribution < 1.29 is 0 Å². The zero-order valence-corrected chi connectivity index (χ0v) is 28.8. The highest BCUT2D eigenvalue weighted by Crippen LogP contribution is 2.42. The fraction of sp³-hybridized carbons (Fsp3) is 0.350. The lowest BCUT2D eigenvalue weighted by molar-refractivity contribution is 1.08. The summed E-state index contributed by atoms with van der Waals surface area (Å²) in [6, 6.07) is 15.3. The number of allylic oxidation sites excluding steroid dienone is 4. The average Bonchev–Trinajstić information content (AvgIpc) is 3.73. The molecule has 45 heavy (non-hydrogen) atoms. The first kappa shape index (κ1) is 31.1. The number of aromatic nitrogens is 4. The van der Waals surface area contributed by atoms with Crippen molar-refractivity contribution in [3.8, 4) is 11.1 Å². The number of rotatable bonds is 7. The van der Waals surface area contributed by atoms with Gasteiger partial charge in [-0.1, -0.05) is 58.0 Å². The molecule has 232 valence electrons. The van der Waals surface area contributed by atoms with Crippen molar-refractivity contribution in [3.63, 3.8) is 0 Å². The molecule has 2 N–H and O–H groups in total. The summed E-state index contributed by atoms with van der Waals surface area (Å²) in [5.41, 5.74) is 22.5. The zero-order chi connectivity index (χ0) is 32.0. The SMILES string of the molecule is CCC1=C(C)c2cc3nc(c(-c4ccccc4)c4[nH]c(cc5[nH]c(c(CCCl)c1n2)c(CC)c5C)c(C)c4CC)C(CC)=C3C. The summed E-state index contributed by atoms with van der Waals surface area (Å²) in [6.45, 7) is 17.9. The topological polar surface area (TPSA) is 57.4 Å². The maximum absolute atomic E-state index is 6.51. The van der Waals surface area contributed by atoms with Gasteiger partial charge in [0.25, 0.3) is 0 Å². The Hall–Kier alpha value is -3.89. The third kappa shape index (κ3) is 5.08. The van der Waals surface area contributed by atoms with Crippen LogP contribution in [0.3, 0.4) is 0 Å². The Labute approximate surface area is 272 Å². The maximum Gasteiger partial charge on any atom is 0.0771 e. The third-order valence-electron chi connectivity index (χ3n) is 10.0. The number of nitrogens with one attached hydrogen (secondary N) is 2. The minimum absolute atomic E-state index is 0.535. The number of halogens is 1. The Kier molecular flexibility index (Phi) is 8.63. The first-order valence-corrected chi connectivity index (χ1v) is 17.1. The van der Waals surface area contributed by atoms with Crippen LogP contribution in [0.4, 0.5) is 0 Å². The standard InChI is InChI=1S/C40H45ClN4/c1-9-27-22(5)32-20-34-24(7)29(11-3)39(44-34)36(26-16-14-13-15-17-26)40-30(12-4)25(8)35(45-40)21-33-23(6)28(10-2)38(43-33)31(18-19-41)37(27)42-32/h13-17,20-21,42,44H,9-12,18-19H2,1-8H3. The number of fused-ring (bicyclic) bond motifs is 8. The molecule has 0 saturated carbocycles. The van der Waals surface area contributed by atoms with E-state index in [9.17, 15) is 0 Å². The number of aromatic amines is 2. The van der Waals surface area contributed by atoms with Crippen LogP contribution < -0.4 is 0 Å². The summed E-state index contributed by atoms with van der Waals surface area (Å²) in [7, 11) is 0. The molecule has 5 heteroatoms. The van der Waals surface area contributed by atoms with Crippen LogP contribution in [0.15, 0.2) is 42.5 Å². The molecule has 0 unspecified atom stereocenters. The maximum atomic E-state index is 6.51. The predicted octanol–water partition coefficient (Wildman–Crippen LogP) is 11.2. The van der Waals surface area contributed by atoms with Gasteiger partial charge in [-0.2, -0.15) is 0 Å². The monoisotopic (exact) mass is 616 g/mol. The molecule has 5 heterocycles. The van der Waals surface area contributed by atoms with Gasteiger partial charge in [-0.15, -0.1) is 11.6 Å². The van der Waals surface area contributed by atoms with Gasteiger partial charge in [0.15, 0.2) is 0 Å². The van der Waals surface area contributed by atoms with Gasteiger partial charge in [0.2, 0.25) is 0 Å². The number of nitrogens with zero attached hydrogens (tertiary/aromatic N) is 2. The second kappa shape index (κ2) is 12.5. The lowest BCUT2D eigenvalue weighted by Gasteiger charge is -2.10. The van der Waals surface area contributed by atoms with E-state index in [4.69, 9.17) is 21.6 Å². The molecule has 0 spiro atoms. The molecular weight excluding hydrogens is 572 g/mol. The number of H-pyrrole nitrogens is 2. The molecule has 6 rings (SSSR count). The van der Waals surface area contributed by atoms with E-state index in [1.54, 1.807) is 0 Å². The second-order valence-corrected chi connectivity index (χ2v) is 12.7. The Balaban J connectivity index is 1.92. The summed E-state index contributed by atoms with van der Waals surface area (Å²) >= 11 is 6.51. The van der Waals surface area contributed by atoms with Crippen LogP contribution in [0.25, 0.3) is 55.5 Å². The summed E-state index contributed by atoms with van der Waals surface area (Å²) in [5.74, 6) is 0.535. The quantitative estimate of drug-likeness (QED) is 0.203. The molecule has 0 saturated heterocycles. The summed E-state index contributed by atoms with van der Waals surface area (Å²) < 4.78 is 0. The second-order valence-electron chi connectivity index (χ2n) is 12.3. The number of hydrogen-bond acceptors (Lipinski definition) is 2. The highest BCUT2D eigenvalue weighted by Gasteiger charge is 2.25. The summed E-state index contributed by atoms with van der Waals surface area (Å²) in [4.78, 5) is 18.6. The zero-order valence-electron chi connectivity index (χ0n) is 28.1. The molecule has 0 amide bonds. The van der Waals surface area contributed by atoms with E-state index in [0.29, 0.717) is 5.88 Å². The van der Waals surface area contributed by atoms with Crippen molar-refractivity contribution in [2.45, 2.75) is 87.5 Å². The molecular formula is C40H45ClN4. The van der Waals surface area contributed by atoms with Crippen molar-refractivity contribution in [1.29, 1.82) is 0 Å². The molecule has 0 fully saturated rings. The van der Waals surface area contributed by atoms with Crippen LogP contribution in [-0.4, -0.2) is 25.8 Å². The minimum Gasteiger partial charge on any atom is -0.355 e. The van der Waals surface area contributed by atoms with E-state index in [0.717, 1.165) is 71.4 Å². The molecule has 2 aliphatic heterocycles. The average molecular weight is 617 g/mol. The van der Waals surface area contributed by atoms with Crippen molar-refractivity contribution in [1.82, 2.24) is 19.9 Å². The minimum atomic E-state index is 0.535. The van der Waals surface area contributed by atoms with Gasteiger partial charge in [-0.05, 0) is 122 Å². The highest BCUT2D eigenvalue weighted by molar-refractivity contribution is 6.18. The Morgan fingerprint density at radius 3 is 1.71 bits per heavy atom. The van der Waals surface area contributed by atoms with Gasteiger partial charge in [0.05, 0.1) is 28.3 Å². The Bertz CT molecular complexity index is 2040. The van der Waals surface area contributed by atoms with Gasteiger partial charge < -0.3 is 9.97 Å². The first-order chi connectivity index (χ1) is 21.8. The van der Waals surface area contributed by atoms with E-state index < -0.39 is 0 Å². The van der Waals surface area contributed by atoms with Crippen LogP contribution in [0.2, 0.25) is 0 Å². The van der Waals surface area contributed by atoms with E-state index in [-0.39, 0.29) is 0 Å². The lowest BCUT2D eigenvalue weighted by atomic mass is 9.94. The highest BCUT2D eigenvalue weighted by atomic mass is 35.5. The summed E-state index contributed by atoms with van der Waals surface area (Å²) in [6.07, 6.45) is 4.40. The van der Waals surface area contributed by atoms with Crippen LogP contribution in [0.5, 0.6) is 0 Å². The molecule has 3 aromatic heterocycles. The van der Waals surface area contributed by atoms with Gasteiger partial charge in [-0.25, -0.2) is 9.97 Å². The number of hydrogen-bond donors (Lipinski definition) is 2. The predicted molar refractivity (Wildman–Crippen MR) is 195 cm³/mol. The van der Waals surface area contributed by atoms with Crippen LogP contribution in [0, 0.1) is 13.8 Å². The lowest BCUT2D eigenvalue weighted by Crippen LogP contribution is -1.97. The number of aryl methyl sites for hydroxylation is 5. The van der Waals surface area contributed by atoms with Crippen molar-refractivity contribution in [2.75, 3.05) is 5.88 Å². The van der Waals surface area contributed by atoms with Gasteiger partial charge in [-0.3, -0.25) is 0 Å². The van der Waals surface area contributed by atoms with Crippen LogP contribution in [-0.2, 0) is 19.3 Å². The van der Waals surface area contributed by atoms with E-state index in [1.807, 2.05) is 0 Å². The third-order valence-corrected chi connectivity index (χ3v) is 10.2. The molecule has 4 aromatic rings. The normalized spacial score (nSPS) is 13.4. The van der Waals surface area contributed by atoms with Gasteiger partial charge >= 0.3 is 0 Å². The van der Waals surface area contributed by atoms with Crippen molar-refractivity contribution >= 4 is 56.0 Å². The first-order valence-electron chi connectivity index (χ1n) is 16.6. The van der Waals surface area contributed by atoms with Crippen LogP contribution >= 0.6 is 11.6 Å². The number of alkyl halides is 1. The van der Waals surface area contributed by atoms with Gasteiger partial charge in [0, 0.05) is 33.6 Å². The molecule has 1 aromatic carbocycles. The number of benzene rings is 1. The fourth-order valence-electron chi connectivity index (χ4n) is 7.50. The molecule has 0 radical (unpaired) electrons. The largest absolute Gasteiger partial charge is 0.355 e. The van der Waals surface area contributed by atoms with Crippen molar-refractivity contribution in [2.24, 2.45) is 0 Å². The van der Waals surface area contributed by atoms with E-state index in [1.165, 1.54) is 66.8 Å². The summed E-state index contributed by atoms with van der Waals surface area (Å²) in [5, 5.41) is 0.